The van der Waals surface area contributed by atoms with Gasteiger partial charge in [-0.25, -0.2) is 0 Å². The summed E-state index contributed by atoms with van der Waals surface area (Å²) < 4.78 is 48.1. The van der Waals surface area contributed by atoms with Crippen LogP contribution < -0.4 is 11.1 Å². The Morgan fingerprint density at radius 2 is 1.54 bits per heavy atom. The largest absolute Gasteiger partial charge is 0.418 e. The standard InChI is InChI=1S/C25H20ClF3N4O.C4H8O/c26-19-7-5-17(6-8-19)22-10-9-21(16-1-3-18(4-2-16)24(34)32-14-12-30)33(22)23-15-31-13-11-20(23)25(27,28)29;1-2-4-5-3-1/h1-11,13,15H,12,14,30H2,(H,32,34);1-4H2. The Labute approximate surface area is 229 Å². The van der Waals surface area contributed by atoms with E-state index in [-0.39, 0.29) is 11.6 Å². The number of hydrogen-bond donors (Lipinski definition) is 2. The molecule has 39 heavy (non-hydrogen) atoms. The second kappa shape index (κ2) is 12.9. The van der Waals surface area contributed by atoms with Crippen LogP contribution in [0, 0.1) is 0 Å². The van der Waals surface area contributed by atoms with E-state index >= 15 is 0 Å². The van der Waals surface area contributed by atoms with Crippen molar-refractivity contribution in [2.45, 2.75) is 19.0 Å². The molecule has 5 rings (SSSR count). The van der Waals surface area contributed by atoms with E-state index in [0.717, 1.165) is 25.5 Å². The molecule has 1 fully saturated rings. The molecule has 6 nitrogen and oxygen atoms in total. The molecule has 0 spiro atoms. The quantitative estimate of drug-likeness (QED) is 0.289. The van der Waals surface area contributed by atoms with Crippen LogP contribution in [0.15, 0.2) is 79.1 Å². The van der Waals surface area contributed by atoms with Gasteiger partial charge in [0.05, 0.1) is 28.8 Å². The molecule has 3 N–H and O–H groups in total. The number of carbonyl (C=O) groups is 1. The molecular formula is C29H28ClF3N4O2. The molecule has 1 amide bonds. The molecule has 2 aromatic heterocycles. The van der Waals surface area contributed by atoms with Crippen LogP contribution >= 0.6 is 11.6 Å². The van der Waals surface area contributed by atoms with Crippen molar-refractivity contribution < 1.29 is 22.7 Å². The van der Waals surface area contributed by atoms with E-state index in [2.05, 4.69) is 10.3 Å². The Balaban J connectivity index is 0.000000634. The number of nitrogens with two attached hydrogens (primary N) is 1. The van der Waals surface area contributed by atoms with E-state index in [1.807, 2.05) is 0 Å². The van der Waals surface area contributed by atoms with Gasteiger partial charge in [0.25, 0.3) is 5.91 Å². The lowest BCUT2D eigenvalue weighted by Gasteiger charge is -2.19. The van der Waals surface area contributed by atoms with Crippen LogP contribution in [0.2, 0.25) is 5.02 Å². The topological polar surface area (TPSA) is 82.2 Å². The number of alkyl halides is 3. The van der Waals surface area contributed by atoms with Gasteiger partial charge in [0.1, 0.15) is 0 Å². The average Bonchev–Trinajstić information content (AvgIpc) is 3.66. The molecule has 204 valence electrons. The summed E-state index contributed by atoms with van der Waals surface area (Å²) in [6.07, 6.45) is 0.286. The Hall–Kier alpha value is -3.66. The van der Waals surface area contributed by atoms with Crippen LogP contribution in [0.25, 0.3) is 28.2 Å². The van der Waals surface area contributed by atoms with Gasteiger partial charge in [-0.3, -0.25) is 9.78 Å². The Kier molecular flexibility index (Phi) is 9.40. The van der Waals surface area contributed by atoms with Crippen molar-refractivity contribution in [3.05, 3.63) is 95.3 Å². The predicted octanol–water partition coefficient (Wildman–Crippen LogP) is 6.36. The third-order valence-electron chi connectivity index (χ3n) is 6.07. The zero-order chi connectivity index (χ0) is 27.8. The van der Waals surface area contributed by atoms with Gasteiger partial charge in [0, 0.05) is 43.1 Å². The van der Waals surface area contributed by atoms with E-state index in [0.29, 0.717) is 46.2 Å². The van der Waals surface area contributed by atoms with E-state index in [1.165, 1.54) is 23.6 Å². The number of aromatic nitrogens is 2. The number of pyridine rings is 1. The molecule has 10 heteroatoms. The van der Waals surface area contributed by atoms with Crippen molar-refractivity contribution in [3.8, 4) is 28.2 Å². The fourth-order valence-corrected chi connectivity index (χ4v) is 4.29. The maximum Gasteiger partial charge on any atom is 0.418 e. The summed E-state index contributed by atoms with van der Waals surface area (Å²) in [7, 11) is 0. The second-order valence-electron chi connectivity index (χ2n) is 8.78. The normalized spacial score (nSPS) is 13.1. The lowest BCUT2D eigenvalue weighted by atomic mass is 10.1. The molecule has 4 aromatic rings. The first kappa shape index (κ1) is 28.4. The number of nitrogens with zero attached hydrogens (tertiary/aromatic N) is 2. The smallest absolute Gasteiger partial charge is 0.381 e. The number of halogens is 4. The number of hydrogen-bond acceptors (Lipinski definition) is 4. The minimum atomic E-state index is -4.58. The van der Waals surface area contributed by atoms with Crippen molar-refractivity contribution in [1.82, 2.24) is 14.9 Å². The lowest BCUT2D eigenvalue weighted by molar-refractivity contribution is -0.137. The van der Waals surface area contributed by atoms with E-state index < -0.39 is 11.7 Å². The van der Waals surface area contributed by atoms with Gasteiger partial charge in [-0.15, -0.1) is 0 Å². The summed E-state index contributed by atoms with van der Waals surface area (Å²) in [5, 5.41) is 3.20. The summed E-state index contributed by atoms with van der Waals surface area (Å²) in [6, 6.07) is 17.9. The summed E-state index contributed by atoms with van der Waals surface area (Å²) in [4.78, 5) is 16.2. The molecule has 1 aliphatic rings. The molecule has 0 unspecified atom stereocenters. The number of ether oxygens (including phenoxy) is 1. The van der Waals surface area contributed by atoms with Crippen LogP contribution in [0.1, 0.15) is 28.8 Å². The molecule has 1 saturated heterocycles. The molecule has 0 bridgehead atoms. The van der Waals surface area contributed by atoms with E-state index in [1.54, 1.807) is 60.7 Å². The van der Waals surface area contributed by atoms with Crippen molar-refractivity contribution >= 4 is 17.5 Å². The maximum absolute atomic E-state index is 13.9. The first-order valence-corrected chi connectivity index (χ1v) is 12.8. The molecule has 1 aliphatic heterocycles. The zero-order valence-corrected chi connectivity index (χ0v) is 21.8. The van der Waals surface area contributed by atoms with Crippen molar-refractivity contribution in [2.75, 3.05) is 26.3 Å². The van der Waals surface area contributed by atoms with Crippen LogP contribution in [-0.2, 0) is 10.9 Å². The first-order valence-electron chi connectivity index (χ1n) is 12.5. The molecule has 0 atom stereocenters. The minimum Gasteiger partial charge on any atom is -0.381 e. The molecule has 0 saturated carbocycles. The van der Waals surface area contributed by atoms with Gasteiger partial charge >= 0.3 is 6.18 Å². The van der Waals surface area contributed by atoms with Gasteiger partial charge in [0.2, 0.25) is 0 Å². The molecular weight excluding hydrogens is 529 g/mol. The number of benzene rings is 2. The SMILES string of the molecule is C1CCOC1.NCCNC(=O)c1ccc(-c2ccc(-c3ccc(Cl)cc3)n2-c2cnccc2C(F)(F)F)cc1. The van der Waals surface area contributed by atoms with Crippen molar-refractivity contribution in [1.29, 1.82) is 0 Å². The van der Waals surface area contributed by atoms with E-state index in [4.69, 9.17) is 22.1 Å². The fourth-order valence-electron chi connectivity index (χ4n) is 4.16. The highest BCUT2D eigenvalue weighted by molar-refractivity contribution is 6.30. The highest BCUT2D eigenvalue weighted by atomic mass is 35.5. The number of nitrogens with one attached hydrogen (secondary N) is 1. The van der Waals surface area contributed by atoms with Crippen LogP contribution in [0.3, 0.4) is 0 Å². The van der Waals surface area contributed by atoms with Crippen LogP contribution in [0.5, 0.6) is 0 Å². The molecule has 0 radical (unpaired) electrons. The Morgan fingerprint density at radius 3 is 2.05 bits per heavy atom. The number of amides is 1. The van der Waals surface area contributed by atoms with Crippen LogP contribution in [-0.4, -0.2) is 41.8 Å². The Bertz CT molecular complexity index is 1380. The summed E-state index contributed by atoms with van der Waals surface area (Å²) in [5.74, 6) is -0.277. The van der Waals surface area contributed by atoms with Crippen molar-refractivity contribution in [2.24, 2.45) is 5.73 Å². The lowest BCUT2D eigenvalue weighted by Crippen LogP contribution is -2.28. The second-order valence-corrected chi connectivity index (χ2v) is 9.21. The monoisotopic (exact) mass is 556 g/mol. The van der Waals surface area contributed by atoms with Gasteiger partial charge in [-0.05, 0) is 66.4 Å². The van der Waals surface area contributed by atoms with Gasteiger partial charge in [-0.1, -0.05) is 35.9 Å². The van der Waals surface area contributed by atoms with Crippen molar-refractivity contribution in [3.63, 3.8) is 0 Å². The minimum absolute atomic E-state index is 0.107. The Morgan fingerprint density at radius 1 is 0.949 bits per heavy atom. The predicted molar refractivity (Wildman–Crippen MR) is 146 cm³/mol. The highest BCUT2D eigenvalue weighted by Gasteiger charge is 2.35. The molecule has 0 aliphatic carbocycles. The van der Waals surface area contributed by atoms with Gasteiger partial charge < -0.3 is 20.4 Å². The third-order valence-corrected chi connectivity index (χ3v) is 6.32. The third kappa shape index (κ3) is 7.06. The number of carbonyl (C=O) groups excluding carboxylic acids is 1. The van der Waals surface area contributed by atoms with E-state index in [9.17, 15) is 18.0 Å². The molecule has 2 aromatic carbocycles. The summed E-state index contributed by atoms with van der Waals surface area (Å²) >= 11 is 6.01. The number of rotatable bonds is 6. The fraction of sp³-hybridized carbons (Fsp3) is 0.241. The first-order chi connectivity index (χ1) is 18.8. The van der Waals surface area contributed by atoms with Gasteiger partial charge in [-0.2, -0.15) is 13.2 Å². The van der Waals surface area contributed by atoms with Crippen LogP contribution in [0.4, 0.5) is 13.2 Å². The molecule has 3 heterocycles. The van der Waals surface area contributed by atoms with Gasteiger partial charge in [0.15, 0.2) is 0 Å². The highest BCUT2D eigenvalue weighted by Crippen LogP contribution is 2.39. The summed E-state index contributed by atoms with van der Waals surface area (Å²) in [5.41, 5.74) is 7.29. The summed E-state index contributed by atoms with van der Waals surface area (Å²) in [6.45, 7) is 2.66. The maximum atomic E-state index is 13.9. The zero-order valence-electron chi connectivity index (χ0n) is 21.0. The average molecular weight is 557 g/mol.